The van der Waals surface area contributed by atoms with Crippen LogP contribution in [0.5, 0.6) is 17.2 Å². The zero-order chi connectivity index (χ0) is 25.0. The number of benzene rings is 6. The second-order valence-corrected chi connectivity index (χ2v) is 9.48. The number of imide groups is 1. The number of aromatic hydroxyl groups is 3. The van der Waals surface area contributed by atoms with E-state index in [1.807, 2.05) is 32.0 Å². The zero-order valence-corrected chi connectivity index (χ0v) is 19.4. The van der Waals surface area contributed by atoms with Gasteiger partial charge in [-0.2, -0.15) is 0 Å². The minimum Gasteiger partial charge on any atom is -0.507 e. The number of hydrogen-bond donors (Lipinski definition) is 3. The maximum Gasteiger partial charge on any atom is 0.266 e. The summed E-state index contributed by atoms with van der Waals surface area (Å²) in [7, 11) is 0. The van der Waals surface area contributed by atoms with Gasteiger partial charge in [0.1, 0.15) is 17.2 Å². The number of hydrogen-bond acceptors (Lipinski definition) is 5. The fourth-order valence-corrected chi connectivity index (χ4v) is 5.81. The van der Waals surface area contributed by atoms with Gasteiger partial charge in [0.25, 0.3) is 11.8 Å². The molecule has 174 valence electrons. The van der Waals surface area contributed by atoms with Gasteiger partial charge in [-0.25, -0.2) is 4.90 Å². The van der Waals surface area contributed by atoms with E-state index >= 15 is 0 Å². The number of carbonyl (C=O) groups is 2. The molecule has 6 aromatic carbocycles. The SMILES string of the molecule is Cc1ccc(C)c(N2C(=O)c3cc(O)c4c5cccc6c(O)ccc(c7c(O)cc(c3c47)C2=O)c65)c1. The summed E-state index contributed by atoms with van der Waals surface area (Å²) >= 11 is 0. The summed E-state index contributed by atoms with van der Waals surface area (Å²) in [5.41, 5.74) is 2.50. The molecule has 0 atom stereocenters. The Bertz CT molecular complexity index is 1910. The van der Waals surface area contributed by atoms with Crippen LogP contribution in [0.3, 0.4) is 0 Å². The minimum absolute atomic E-state index is 0.0816. The Balaban J connectivity index is 1.69. The summed E-state index contributed by atoms with van der Waals surface area (Å²) in [4.78, 5) is 28.8. The fraction of sp³-hybridized carbons (Fsp3) is 0.0667. The van der Waals surface area contributed by atoms with Crippen molar-refractivity contribution in [2.75, 3.05) is 4.90 Å². The van der Waals surface area contributed by atoms with Gasteiger partial charge in [-0.05, 0) is 66.1 Å². The highest BCUT2D eigenvalue weighted by Gasteiger charge is 2.37. The van der Waals surface area contributed by atoms with Gasteiger partial charge in [-0.3, -0.25) is 9.59 Å². The maximum atomic E-state index is 13.8. The van der Waals surface area contributed by atoms with E-state index in [0.29, 0.717) is 48.8 Å². The lowest BCUT2D eigenvalue weighted by Crippen LogP contribution is -2.41. The molecule has 1 heterocycles. The van der Waals surface area contributed by atoms with Crippen molar-refractivity contribution in [2.45, 2.75) is 13.8 Å². The van der Waals surface area contributed by atoms with Crippen LogP contribution in [-0.2, 0) is 0 Å². The van der Waals surface area contributed by atoms with Crippen molar-refractivity contribution in [3.05, 3.63) is 82.9 Å². The van der Waals surface area contributed by atoms with E-state index in [-0.39, 0.29) is 28.4 Å². The van der Waals surface area contributed by atoms with Gasteiger partial charge in [-0.1, -0.05) is 30.3 Å². The van der Waals surface area contributed by atoms with Crippen LogP contribution in [0.1, 0.15) is 31.8 Å². The molecule has 7 rings (SSSR count). The molecular formula is C30H19NO5. The van der Waals surface area contributed by atoms with Crippen LogP contribution in [0.4, 0.5) is 5.69 Å². The van der Waals surface area contributed by atoms with Crippen molar-refractivity contribution in [1.29, 1.82) is 0 Å². The molecule has 0 saturated carbocycles. The van der Waals surface area contributed by atoms with Crippen LogP contribution in [0, 0.1) is 13.8 Å². The highest BCUT2D eigenvalue weighted by atomic mass is 16.3. The average molecular weight is 473 g/mol. The smallest absolute Gasteiger partial charge is 0.266 e. The van der Waals surface area contributed by atoms with Gasteiger partial charge in [0, 0.05) is 32.3 Å². The lowest BCUT2D eigenvalue weighted by molar-refractivity contribution is 0.0892. The zero-order valence-electron chi connectivity index (χ0n) is 19.4. The Morgan fingerprint density at radius 2 is 1.19 bits per heavy atom. The first-order chi connectivity index (χ1) is 17.3. The third-order valence-electron chi connectivity index (χ3n) is 7.39. The van der Waals surface area contributed by atoms with Crippen molar-refractivity contribution >= 4 is 60.6 Å². The average Bonchev–Trinajstić information content (AvgIpc) is 2.85. The van der Waals surface area contributed by atoms with E-state index < -0.39 is 11.8 Å². The molecule has 6 heteroatoms. The molecule has 6 aromatic rings. The molecule has 0 bridgehead atoms. The Morgan fingerprint density at radius 3 is 1.86 bits per heavy atom. The van der Waals surface area contributed by atoms with Crippen LogP contribution in [0.15, 0.2) is 60.7 Å². The number of fused-ring (bicyclic) bond motifs is 2. The van der Waals surface area contributed by atoms with Crippen molar-refractivity contribution < 1.29 is 24.9 Å². The quantitative estimate of drug-likeness (QED) is 0.149. The number of carbonyl (C=O) groups excluding carboxylic acids is 2. The van der Waals surface area contributed by atoms with Gasteiger partial charge in [0.15, 0.2) is 0 Å². The van der Waals surface area contributed by atoms with Crippen LogP contribution < -0.4 is 4.90 Å². The Morgan fingerprint density at radius 1 is 0.583 bits per heavy atom. The van der Waals surface area contributed by atoms with E-state index in [4.69, 9.17) is 0 Å². The van der Waals surface area contributed by atoms with E-state index in [1.165, 1.54) is 12.1 Å². The highest BCUT2D eigenvalue weighted by Crippen LogP contribution is 2.51. The highest BCUT2D eigenvalue weighted by molar-refractivity contribution is 6.44. The summed E-state index contributed by atoms with van der Waals surface area (Å²) in [6, 6.07) is 17.0. The van der Waals surface area contributed by atoms with E-state index in [0.717, 1.165) is 16.0 Å². The molecule has 0 spiro atoms. The normalized spacial score (nSPS) is 13.7. The van der Waals surface area contributed by atoms with Crippen LogP contribution >= 0.6 is 0 Å². The molecule has 1 aliphatic rings. The van der Waals surface area contributed by atoms with Crippen LogP contribution in [0.2, 0.25) is 0 Å². The molecule has 2 amide bonds. The summed E-state index contributed by atoms with van der Waals surface area (Å²) < 4.78 is 0. The third-order valence-corrected chi connectivity index (χ3v) is 7.39. The number of phenolic OH excluding ortho intramolecular Hbond substituents is 3. The number of rotatable bonds is 1. The predicted octanol–water partition coefficient (Wildman–Crippen LogP) is 6.27. The van der Waals surface area contributed by atoms with Gasteiger partial charge < -0.3 is 15.3 Å². The van der Waals surface area contributed by atoms with E-state index in [2.05, 4.69) is 0 Å². The largest absolute Gasteiger partial charge is 0.507 e. The van der Waals surface area contributed by atoms with Gasteiger partial charge >= 0.3 is 0 Å². The first-order valence-corrected chi connectivity index (χ1v) is 11.5. The second-order valence-electron chi connectivity index (χ2n) is 9.48. The molecule has 0 saturated heterocycles. The van der Waals surface area contributed by atoms with Gasteiger partial charge in [0.2, 0.25) is 0 Å². The number of nitrogens with zero attached hydrogens (tertiary/aromatic N) is 1. The van der Waals surface area contributed by atoms with Crippen molar-refractivity contribution in [3.8, 4) is 17.2 Å². The number of amides is 2. The molecule has 0 radical (unpaired) electrons. The standard InChI is InChI=1S/C30H19NO5/c1-13-6-7-14(2)20(10-13)31-29(35)18-11-22(33)26-16-5-3-4-15-21(32)9-8-17(24(15)16)27-23(34)12-19(30(31)36)25(18)28(26)27/h3-12,32-34H,1-2H3. The number of anilines is 1. The molecule has 0 aliphatic carbocycles. The lowest BCUT2D eigenvalue weighted by atomic mass is 9.83. The molecule has 0 aromatic heterocycles. The lowest BCUT2D eigenvalue weighted by Gasteiger charge is -2.30. The van der Waals surface area contributed by atoms with Gasteiger partial charge in [0.05, 0.1) is 16.8 Å². The number of phenols is 3. The Labute approximate surface area is 204 Å². The molecule has 0 fully saturated rings. The molecule has 36 heavy (non-hydrogen) atoms. The molecule has 6 nitrogen and oxygen atoms in total. The summed E-state index contributed by atoms with van der Waals surface area (Å²) in [5, 5.41) is 37.3. The molecule has 1 aliphatic heterocycles. The number of aryl methyl sites for hydroxylation is 2. The molecule has 0 unspecified atom stereocenters. The fourth-order valence-electron chi connectivity index (χ4n) is 5.81. The first-order valence-electron chi connectivity index (χ1n) is 11.5. The summed E-state index contributed by atoms with van der Waals surface area (Å²) in [6.45, 7) is 3.71. The van der Waals surface area contributed by atoms with Crippen LogP contribution in [0.25, 0.3) is 43.1 Å². The van der Waals surface area contributed by atoms with Crippen molar-refractivity contribution in [3.63, 3.8) is 0 Å². The summed E-state index contributed by atoms with van der Waals surface area (Å²) in [6.07, 6.45) is 0. The maximum absolute atomic E-state index is 13.8. The van der Waals surface area contributed by atoms with Crippen LogP contribution in [-0.4, -0.2) is 27.1 Å². The molecular weight excluding hydrogens is 454 g/mol. The Hall–Kier alpha value is -4.84. The summed E-state index contributed by atoms with van der Waals surface area (Å²) in [5.74, 6) is -1.26. The minimum atomic E-state index is -0.533. The Kier molecular flexibility index (Phi) is 3.78. The van der Waals surface area contributed by atoms with Crippen molar-refractivity contribution in [2.24, 2.45) is 0 Å². The van der Waals surface area contributed by atoms with Crippen molar-refractivity contribution in [1.82, 2.24) is 0 Å². The third kappa shape index (κ3) is 2.35. The van der Waals surface area contributed by atoms with Gasteiger partial charge in [-0.15, -0.1) is 0 Å². The van der Waals surface area contributed by atoms with E-state index in [9.17, 15) is 24.9 Å². The molecule has 3 N–H and O–H groups in total. The monoisotopic (exact) mass is 473 g/mol. The first kappa shape index (κ1) is 20.5. The second kappa shape index (κ2) is 6.64. The van der Waals surface area contributed by atoms with E-state index in [1.54, 1.807) is 30.3 Å². The predicted molar refractivity (Wildman–Crippen MR) is 140 cm³/mol. The topological polar surface area (TPSA) is 98.1 Å².